The summed E-state index contributed by atoms with van der Waals surface area (Å²) in [5.74, 6) is -0.334. The summed E-state index contributed by atoms with van der Waals surface area (Å²) in [6, 6.07) is 16.8. The highest BCUT2D eigenvalue weighted by atomic mass is 32.2. The Morgan fingerprint density at radius 2 is 1.71 bits per heavy atom. The van der Waals surface area contributed by atoms with Crippen molar-refractivity contribution in [1.82, 2.24) is 10.2 Å². The fourth-order valence-corrected chi connectivity index (χ4v) is 4.27. The van der Waals surface area contributed by atoms with Gasteiger partial charge in [-0.05, 0) is 49.2 Å². The van der Waals surface area contributed by atoms with Crippen molar-refractivity contribution >= 4 is 21.6 Å². The predicted molar refractivity (Wildman–Crippen MR) is 111 cm³/mol. The second-order valence-corrected chi connectivity index (χ2v) is 9.09. The van der Waals surface area contributed by atoms with E-state index in [1.165, 1.54) is 18.4 Å². The van der Waals surface area contributed by atoms with E-state index in [9.17, 15) is 13.2 Å². The third-order valence-corrected chi connectivity index (χ3v) is 5.96. The van der Waals surface area contributed by atoms with Gasteiger partial charge in [0.15, 0.2) is 0 Å². The van der Waals surface area contributed by atoms with Crippen LogP contribution in [0.1, 0.15) is 24.0 Å². The molecule has 0 spiro atoms. The van der Waals surface area contributed by atoms with Crippen LogP contribution in [0.25, 0.3) is 0 Å². The van der Waals surface area contributed by atoms with Crippen LogP contribution in [0.2, 0.25) is 0 Å². The summed E-state index contributed by atoms with van der Waals surface area (Å²) in [7, 11) is -3.55. The number of benzene rings is 2. The van der Waals surface area contributed by atoms with Gasteiger partial charge in [-0.3, -0.25) is 14.0 Å². The van der Waals surface area contributed by atoms with Crippen LogP contribution in [0.15, 0.2) is 54.6 Å². The van der Waals surface area contributed by atoms with Gasteiger partial charge in [0.2, 0.25) is 15.9 Å². The average Bonchev–Trinajstić information content (AvgIpc) is 3.17. The van der Waals surface area contributed by atoms with Crippen LogP contribution in [0.4, 0.5) is 5.69 Å². The molecule has 1 saturated heterocycles. The number of hydrogen-bond acceptors (Lipinski definition) is 4. The molecule has 150 valence electrons. The molecule has 7 heteroatoms. The van der Waals surface area contributed by atoms with E-state index in [2.05, 4.69) is 22.3 Å². The molecule has 3 rings (SSSR count). The first-order chi connectivity index (χ1) is 13.4. The molecule has 0 radical (unpaired) electrons. The Morgan fingerprint density at radius 3 is 2.39 bits per heavy atom. The van der Waals surface area contributed by atoms with Crippen LogP contribution in [0.5, 0.6) is 0 Å². The minimum atomic E-state index is -3.55. The number of nitrogens with zero attached hydrogens (tertiary/aromatic N) is 2. The van der Waals surface area contributed by atoms with Crippen molar-refractivity contribution in [2.75, 3.05) is 30.2 Å². The smallest absolute Gasteiger partial charge is 0.241 e. The standard InChI is InChI=1S/C21H27N3O3S/c1-28(26,27)24(20-10-3-2-4-11-20)17-21(25)22-15-18-8-7-9-19(14-18)16-23-12-5-6-13-23/h2-4,7-11,14H,5-6,12-13,15-17H2,1H3,(H,22,25). The highest BCUT2D eigenvalue weighted by molar-refractivity contribution is 7.92. The maximum absolute atomic E-state index is 12.4. The van der Waals surface area contributed by atoms with Gasteiger partial charge in [0, 0.05) is 13.1 Å². The predicted octanol–water partition coefficient (Wildman–Crippen LogP) is 2.36. The van der Waals surface area contributed by atoms with Crippen LogP contribution >= 0.6 is 0 Å². The number of carbonyl (C=O) groups is 1. The molecular formula is C21H27N3O3S. The van der Waals surface area contributed by atoms with Gasteiger partial charge in [0.05, 0.1) is 11.9 Å². The zero-order valence-corrected chi connectivity index (χ0v) is 17.0. The Balaban J connectivity index is 1.58. The highest BCUT2D eigenvalue weighted by Gasteiger charge is 2.20. The number of sulfonamides is 1. The fraction of sp³-hybridized carbons (Fsp3) is 0.381. The number of likely N-dealkylation sites (tertiary alicyclic amines) is 1. The number of anilines is 1. The molecule has 1 fully saturated rings. The van der Waals surface area contributed by atoms with Crippen LogP contribution < -0.4 is 9.62 Å². The van der Waals surface area contributed by atoms with E-state index in [4.69, 9.17) is 0 Å². The number of carbonyl (C=O) groups excluding carboxylic acids is 1. The Labute approximate surface area is 167 Å². The molecule has 1 aliphatic heterocycles. The molecule has 0 aliphatic carbocycles. The molecule has 0 aromatic heterocycles. The molecule has 0 unspecified atom stereocenters. The van der Waals surface area contributed by atoms with Gasteiger partial charge < -0.3 is 5.32 Å². The van der Waals surface area contributed by atoms with Crippen LogP contribution in [-0.4, -0.2) is 45.1 Å². The Bertz CT molecular complexity index is 894. The molecule has 1 N–H and O–H groups in total. The molecule has 28 heavy (non-hydrogen) atoms. The van der Waals surface area contributed by atoms with E-state index in [0.717, 1.165) is 35.8 Å². The summed E-state index contributed by atoms with van der Waals surface area (Å²) < 4.78 is 25.3. The maximum Gasteiger partial charge on any atom is 0.241 e. The quantitative estimate of drug-likeness (QED) is 0.737. The number of nitrogens with one attached hydrogen (secondary N) is 1. The van der Waals surface area contributed by atoms with E-state index in [-0.39, 0.29) is 12.5 Å². The molecule has 1 aliphatic rings. The lowest BCUT2D eigenvalue weighted by atomic mass is 10.1. The minimum absolute atomic E-state index is 0.240. The Morgan fingerprint density at radius 1 is 1.04 bits per heavy atom. The number of hydrogen-bond donors (Lipinski definition) is 1. The van der Waals surface area contributed by atoms with Gasteiger partial charge in [-0.1, -0.05) is 42.5 Å². The van der Waals surface area contributed by atoms with E-state index in [1.807, 2.05) is 12.1 Å². The summed E-state index contributed by atoms with van der Waals surface area (Å²) in [6.45, 7) is 3.34. The summed E-state index contributed by atoms with van der Waals surface area (Å²) in [5, 5.41) is 2.83. The van der Waals surface area contributed by atoms with Crippen LogP contribution in [0.3, 0.4) is 0 Å². The van der Waals surface area contributed by atoms with Crippen molar-refractivity contribution in [2.24, 2.45) is 0 Å². The molecule has 0 saturated carbocycles. The summed E-state index contributed by atoms with van der Waals surface area (Å²) >= 11 is 0. The lowest BCUT2D eigenvalue weighted by molar-refractivity contribution is -0.119. The van der Waals surface area contributed by atoms with Gasteiger partial charge in [0.25, 0.3) is 0 Å². The monoisotopic (exact) mass is 401 g/mol. The zero-order chi connectivity index (χ0) is 20.0. The van der Waals surface area contributed by atoms with Crippen molar-refractivity contribution < 1.29 is 13.2 Å². The van der Waals surface area contributed by atoms with E-state index < -0.39 is 10.0 Å². The average molecular weight is 402 g/mol. The van der Waals surface area contributed by atoms with Crippen molar-refractivity contribution in [3.63, 3.8) is 0 Å². The van der Waals surface area contributed by atoms with Gasteiger partial charge in [-0.15, -0.1) is 0 Å². The second-order valence-electron chi connectivity index (χ2n) is 7.19. The molecule has 2 aromatic carbocycles. The van der Waals surface area contributed by atoms with Crippen molar-refractivity contribution in [3.05, 3.63) is 65.7 Å². The third kappa shape index (κ3) is 5.81. The largest absolute Gasteiger partial charge is 0.350 e. The summed E-state index contributed by atoms with van der Waals surface area (Å²) in [6.07, 6.45) is 3.62. The van der Waals surface area contributed by atoms with Gasteiger partial charge >= 0.3 is 0 Å². The molecule has 2 aromatic rings. The number of para-hydroxylation sites is 1. The fourth-order valence-electron chi connectivity index (χ4n) is 3.42. The molecule has 0 atom stereocenters. The topological polar surface area (TPSA) is 69.7 Å². The van der Waals surface area contributed by atoms with E-state index in [1.54, 1.807) is 30.3 Å². The number of rotatable bonds is 8. The van der Waals surface area contributed by atoms with Crippen LogP contribution in [-0.2, 0) is 27.9 Å². The maximum atomic E-state index is 12.4. The first kappa shape index (κ1) is 20.4. The summed E-state index contributed by atoms with van der Waals surface area (Å²) in [4.78, 5) is 14.8. The lowest BCUT2D eigenvalue weighted by Crippen LogP contribution is -2.40. The molecule has 1 heterocycles. The highest BCUT2D eigenvalue weighted by Crippen LogP contribution is 2.16. The summed E-state index contributed by atoms with van der Waals surface area (Å²) in [5.41, 5.74) is 2.72. The number of amides is 1. The first-order valence-electron chi connectivity index (χ1n) is 9.51. The molecule has 1 amide bonds. The Hall–Kier alpha value is -2.38. The SMILES string of the molecule is CS(=O)(=O)N(CC(=O)NCc1cccc(CN2CCCC2)c1)c1ccccc1. The normalized spacial score (nSPS) is 14.8. The van der Waals surface area contributed by atoms with Crippen molar-refractivity contribution in [1.29, 1.82) is 0 Å². The molecular weight excluding hydrogens is 374 g/mol. The minimum Gasteiger partial charge on any atom is -0.350 e. The second kappa shape index (κ2) is 9.21. The lowest BCUT2D eigenvalue weighted by Gasteiger charge is -2.21. The molecule has 6 nitrogen and oxygen atoms in total. The third-order valence-electron chi connectivity index (χ3n) is 4.82. The zero-order valence-electron chi connectivity index (χ0n) is 16.2. The van der Waals surface area contributed by atoms with Gasteiger partial charge in [-0.25, -0.2) is 8.42 Å². The van der Waals surface area contributed by atoms with E-state index in [0.29, 0.717) is 12.2 Å². The van der Waals surface area contributed by atoms with Crippen molar-refractivity contribution in [3.8, 4) is 0 Å². The van der Waals surface area contributed by atoms with Crippen molar-refractivity contribution in [2.45, 2.75) is 25.9 Å². The Kier molecular flexibility index (Phi) is 6.70. The molecule has 0 bridgehead atoms. The van der Waals surface area contributed by atoms with E-state index >= 15 is 0 Å². The van der Waals surface area contributed by atoms with Crippen LogP contribution in [0, 0.1) is 0 Å². The van der Waals surface area contributed by atoms with Gasteiger partial charge in [0.1, 0.15) is 6.54 Å². The first-order valence-corrected chi connectivity index (χ1v) is 11.4. The van der Waals surface area contributed by atoms with Gasteiger partial charge in [-0.2, -0.15) is 0 Å².